The highest BCUT2D eigenvalue weighted by Crippen LogP contribution is 2.26. The maximum Gasteiger partial charge on any atom is 0.264 e. The van der Waals surface area contributed by atoms with Gasteiger partial charge >= 0.3 is 0 Å². The van der Waals surface area contributed by atoms with E-state index < -0.39 is 22.5 Å². The second-order valence-electron chi connectivity index (χ2n) is 8.32. The average molecular weight is 577 g/mol. The molecule has 0 aliphatic heterocycles. The second-order valence-corrected chi connectivity index (χ2v) is 11.1. The molecule has 0 unspecified atom stereocenters. The second kappa shape index (κ2) is 13.3. The van der Waals surface area contributed by atoms with E-state index in [4.69, 9.17) is 27.9 Å². The molecule has 0 aliphatic rings. The smallest absolute Gasteiger partial charge is 0.264 e. The van der Waals surface area contributed by atoms with Gasteiger partial charge in [0.25, 0.3) is 21.8 Å². The number of carbonyl (C=O) groups excluding carboxylic acids is 2. The van der Waals surface area contributed by atoms with Crippen LogP contribution in [0.3, 0.4) is 0 Å². The molecule has 3 aromatic carbocycles. The van der Waals surface area contributed by atoms with Crippen LogP contribution in [0.15, 0.2) is 82.8 Å². The molecule has 2 N–H and O–H groups in total. The fourth-order valence-corrected chi connectivity index (χ4v) is 4.91. The van der Waals surface area contributed by atoms with Crippen molar-refractivity contribution in [3.8, 4) is 5.75 Å². The fourth-order valence-electron chi connectivity index (χ4n) is 3.19. The highest BCUT2D eigenvalue weighted by Gasteiger charge is 2.27. The van der Waals surface area contributed by atoms with Gasteiger partial charge in [0, 0.05) is 16.1 Å². The number of anilines is 1. The molecule has 0 bridgehead atoms. The number of amides is 2. The van der Waals surface area contributed by atoms with Crippen molar-refractivity contribution < 1.29 is 22.7 Å². The van der Waals surface area contributed by atoms with E-state index in [-0.39, 0.29) is 29.1 Å². The molecule has 3 rings (SSSR count). The van der Waals surface area contributed by atoms with Gasteiger partial charge in [-0.15, -0.1) is 0 Å². The lowest BCUT2D eigenvalue weighted by molar-refractivity contribution is -0.123. The van der Waals surface area contributed by atoms with Crippen LogP contribution >= 0.6 is 23.2 Å². The summed E-state index contributed by atoms with van der Waals surface area (Å²) in [5, 5.41) is 7.33. The van der Waals surface area contributed by atoms with E-state index in [1.165, 1.54) is 42.6 Å². The Hall–Kier alpha value is -3.60. The molecular formula is C26H26Cl2N4O5S. The first-order valence-electron chi connectivity index (χ1n) is 11.4. The Balaban J connectivity index is 1.66. The molecule has 12 heteroatoms. The molecule has 0 saturated carbocycles. The lowest BCUT2D eigenvalue weighted by atomic mass is 10.2. The summed E-state index contributed by atoms with van der Waals surface area (Å²) in [6.07, 6.45) is 1.39. The highest BCUT2D eigenvalue weighted by molar-refractivity contribution is 7.92. The molecule has 0 spiro atoms. The summed E-state index contributed by atoms with van der Waals surface area (Å²) in [5.41, 5.74) is 3.19. The third-order valence-corrected chi connectivity index (χ3v) is 7.16. The maximum absolute atomic E-state index is 13.4. The largest absolute Gasteiger partial charge is 0.484 e. The van der Waals surface area contributed by atoms with E-state index in [0.717, 1.165) is 4.31 Å². The van der Waals surface area contributed by atoms with E-state index in [1.54, 1.807) is 36.4 Å². The van der Waals surface area contributed by atoms with Crippen molar-refractivity contribution in [3.63, 3.8) is 0 Å². The number of carbonyl (C=O) groups is 2. The Bertz CT molecular complexity index is 1400. The van der Waals surface area contributed by atoms with Crippen molar-refractivity contribution in [2.45, 2.75) is 24.8 Å². The molecule has 38 heavy (non-hydrogen) atoms. The van der Waals surface area contributed by atoms with Crippen LogP contribution in [-0.2, 0) is 19.6 Å². The monoisotopic (exact) mass is 576 g/mol. The zero-order chi connectivity index (χ0) is 27.7. The minimum Gasteiger partial charge on any atom is -0.484 e. The fraction of sp³-hybridized carbons (Fsp3) is 0.192. The van der Waals surface area contributed by atoms with Gasteiger partial charge in [-0.1, -0.05) is 29.3 Å². The van der Waals surface area contributed by atoms with Crippen LogP contribution < -0.4 is 19.8 Å². The topological polar surface area (TPSA) is 117 Å². The molecule has 0 saturated heterocycles. The lowest BCUT2D eigenvalue weighted by Gasteiger charge is -2.23. The Morgan fingerprint density at radius 1 is 0.974 bits per heavy atom. The molecule has 0 aromatic heterocycles. The Labute approximate surface area is 231 Å². The third-order valence-electron chi connectivity index (χ3n) is 4.89. The Morgan fingerprint density at radius 3 is 2.29 bits per heavy atom. The predicted octanol–water partition coefficient (Wildman–Crippen LogP) is 4.24. The standard InChI is InChI=1S/C26H26Cl2N4O5S/c1-18(2)30-26(34)17-37-23-10-6-19(7-11-23)15-29-31-25(33)16-32(22-5-3-4-21(28)14-22)38(35,36)24-12-8-20(27)9-13-24/h3-15,18H,16-17H2,1-2H3,(H,30,34)(H,31,33)/b29-15-. The molecule has 0 heterocycles. The summed E-state index contributed by atoms with van der Waals surface area (Å²) in [4.78, 5) is 24.3. The number of nitrogens with one attached hydrogen (secondary N) is 2. The van der Waals surface area contributed by atoms with Gasteiger partial charge in [0.15, 0.2) is 6.61 Å². The van der Waals surface area contributed by atoms with Crippen LogP contribution in [0.2, 0.25) is 10.0 Å². The lowest BCUT2D eigenvalue weighted by Crippen LogP contribution is -2.39. The van der Waals surface area contributed by atoms with Crippen LogP contribution in [0.4, 0.5) is 5.69 Å². The summed E-state index contributed by atoms with van der Waals surface area (Å²) in [7, 11) is -4.12. The molecule has 200 valence electrons. The van der Waals surface area contributed by atoms with Gasteiger partial charge in [-0.25, -0.2) is 13.8 Å². The van der Waals surface area contributed by atoms with Crippen LogP contribution in [0.5, 0.6) is 5.75 Å². The first-order valence-corrected chi connectivity index (χ1v) is 13.6. The maximum atomic E-state index is 13.4. The number of sulfonamides is 1. The van der Waals surface area contributed by atoms with E-state index in [2.05, 4.69) is 15.8 Å². The number of benzene rings is 3. The number of hydrogen-bond acceptors (Lipinski definition) is 6. The van der Waals surface area contributed by atoms with Crippen molar-refractivity contribution in [2.75, 3.05) is 17.5 Å². The van der Waals surface area contributed by atoms with Crippen LogP contribution in [-0.4, -0.2) is 45.6 Å². The average Bonchev–Trinajstić information content (AvgIpc) is 2.86. The summed E-state index contributed by atoms with van der Waals surface area (Å²) in [5.74, 6) is -0.400. The first kappa shape index (κ1) is 29.0. The number of rotatable bonds is 11. The Morgan fingerprint density at radius 2 is 1.66 bits per heavy atom. The molecule has 0 radical (unpaired) electrons. The number of halogens is 2. The molecule has 9 nitrogen and oxygen atoms in total. The van der Waals surface area contributed by atoms with Gasteiger partial charge in [-0.2, -0.15) is 5.10 Å². The van der Waals surface area contributed by atoms with Gasteiger partial charge in [0.1, 0.15) is 12.3 Å². The van der Waals surface area contributed by atoms with E-state index >= 15 is 0 Å². The number of hydrazone groups is 1. The van der Waals surface area contributed by atoms with Gasteiger partial charge in [-0.3, -0.25) is 13.9 Å². The Kier molecular flexibility index (Phi) is 10.1. The molecular weight excluding hydrogens is 551 g/mol. The number of ether oxygens (including phenoxy) is 1. The summed E-state index contributed by atoms with van der Waals surface area (Å²) < 4.78 is 33.1. The molecule has 3 aromatic rings. The first-order chi connectivity index (χ1) is 18.0. The quantitative estimate of drug-likeness (QED) is 0.261. The van der Waals surface area contributed by atoms with Gasteiger partial charge in [-0.05, 0) is 86.1 Å². The number of nitrogens with zero attached hydrogens (tertiary/aromatic N) is 2. The summed E-state index contributed by atoms with van der Waals surface area (Å²) >= 11 is 12.0. The van der Waals surface area contributed by atoms with E-state index in [1.807, 2.05) is 13.8 Å². The van der Waals surface area contributed by atoms with Crippen molar-refractivity contribution >= 4 is 56.9 Å². The third kappa shape index (κ3) is 8.47. The SMILES string of the molecule is CC(C)NC(=O)COc1ccc(/C=N\NC(=O)CN(c2cccc(Cl)c2)S(=O)(=O)c2ccc(Cl)cc2)cc1. The molecule has 0 fully saturated rings. The van der Waals surface area contributed by atoms with Crippen LogP contribution in [0, 0.1) is 0 Å². The zero-order valence-corrected chi connectivity index (χ0v) is 22.9. The minimum atomic E-state index is -4.12. The normalized spacial score (nSPS) is 11.4. The van der Waals surface area contributed by atoms with Crippen LogP contribution in [0.1, 0.15) is 19.4 Å². The summed E-state index contributed by atoms with van der Waals surface area (Å²) in [6, 6.07) is 18.5. The van der Waals surface area contributed by atoms with E-state index in [0.29, 0.717) is 21.4 Å². The highest BCUT2D eigenvalue weighted by atomic mass is 35.5. The predicted molar refractivity (Wildman–Crippen MR) is 148 cm³/mol. The van der Waals surface area contributed by atoms with Gasteiger partial charge in [0.05, 0.1) is 16.8 Å². The van der Waals surface area contributed by atoms with Gasteiger partial charge < -0.3 is 10.1 Å². The van der Waals surface area contributed by atoms with Crippen molar-refractivity contribution in [3.05, 3.63) is 88.4 Å². The molecule has 0 aliphatic carbocycles. The van der Waals surface area contributed by atoms with E-state index in [9.17, 15) is 18.0 Å². The van der Waals surface area contributed by atoms with Crippen molar-refractivity contribution in [1.29, 1.82) is 0 Å². The van der Waals surface area contributed by atoms with Crippen LogP contribution in [0.25, 0.3) is 0 Å². The minimum absolute atomic E-state index is 0.0232. The van der Waals surface area contributed by atoms with Crippen molar-refractivity contribution in [1.82, 2.24) is 10.7 Å². The molecule has 2 amide bonds. The van der Waals surface area contributed by atoms with Crippen molar-refractivity contribution in [2.24, 2.45) is 5.10 Å². The number of hydrogen-bond donors (Lipinski definition) is 2. The summed E-state index contributed by atoms with van der Waals surface area (Å²) in [6.45, 7) is 3.06. The molecule has 0 atom stereocenters. The zero-order valence-electron chi connectivity index (χ0n) is 20.6. The van der Waals surface area contributed by atoms with Gasteiger partial charge in [0.2, 0.25) is 0 Å².